The number of hydrogen-bond donors (Lipinski definition) is 0. The first-order chi connectivity index (χ1) is 13.3. The average Bonchev–Trinajstić information content (AvgIpc) is 2.66. The maximum absolute atomic E-state index is 13.2. The van der Waals surface area contributed by atoms with Crippen molar-refractivity contribution in [3.63, 3.8) is 0 Å². The van der Waals surface area contributed by atoms with E-state index < -0.39 is 5.60 Å². The van der Waals surface area contributed by atoms with E-state index in [1.807, 2.05) is 48.5 Å². The molecule has 1 aliphatic heterocycles. The monoisotopic (exact) mass is 452 g/mol. The Balaban J connectivity index is 0.00000225. The second-order valence-electron chi connectivity index (χ2n) is 8.72. The van der Waals surface area contributed by atoms with Crippen LogP contribution in [0.1, 0.15) is 36.2 Å². The Hall–Kier alpha value is -1.59. The molecule has 0 radical (unpaired) electrons. The van der Waals surface area contributed by atoms with Gasteiger partial charge in [-0.3, -0.25) is 0 Å². The second kappa shape index (κ2) is 10.6. The number of benzene rings is 2. The van der Waals surface area contributed by atoms with Crippen molar-refractivity contribution in [2.24, 2.45) is 5.41 Å². The summed E-state index contributed by atoms with van der Waals surface area (Å²) < 4.78 is 6.49. The molecule has 0 bridgehead atoms. The van der Waals surface area contributed by atoms with Gasteiger partial charge in [0.1, 0.15) is 5.60 Å². The van der Waals surface area contributed by atoms with Gasteiger partial charge >= 0.3 is 5.97 Å². The summed E-state index contributed by atoms with van der Waals surface area (Å²) in [4.78, 5) is 17.8. The van der Waals surface area contributed by atoms with Crippen LogP contribution >= 0.6 is 24.8 Å². The molecule has 1 heterocycles. The Bertz CT molecular complexity index is 803. The fraction of sp³-hybridized carbons (Fsp3) is 0.458. The summed E-state index contributed by atoms with van der Waals surface area (Å²) in [5.41, 5.74) is 0.709. The van der Waals surface area contributed by atoms with Gasteiger partial charge in [0, 0.05) is 31.0 Å². The highest BCUT2D eigenvalue weighted by Crippen LogP contribution is 2.51. The average molecular weight is 453 g/mol. The predicted molar refractivity (Wildman–Crippen MR) is 128 cm³/mol. The van der Waals surface area contributed by atoms with Gasteiger partial charge in [-0.1, -0.05) is 55.5 Å². The van der Waals surface area contributed by atoms with Gasteiger partial charge < -0.3 is 14.5 Å². The van der Waals surface area contributed by atoms with E-state index in [0.717, 1.165) is 25.1 Å². The van der Waals surface area contributed by atoms with Crippen molar-refractivity contribution in [1.82, 2.24) is 9.80 Å². The second-order valence-corrected chi connectivity index (χ2v) is 8.72. The van der Waals surface area contributed by atoms with E-state index in [9.17, 15) is 4.79 Å². The third-order valence-corrected chi connectivity index (χ3v) is 6.09. The predicted octanol–water partition coefficient (Wildman–Crippen LogP) is 4.87. The van der Waals surface area contributed by atoms with Crippen LogP contribution in [0.15, 0.2) is 60.7 Å². The highest BCUT2D eigenvalue weighted by atomic mass is 35.5. The fourth-order valence-corrected chi connectivity index (χ4v) is 4.72. The normalized spacial score (nSPS) is 26.4. The van der Waals surface area contributed by atoms with Crippen molar-refractivity contribution in [3.05, 3.63) is 71.8 Å². The minimum absolute atomic E-state index is 0. The van der Waals surface area contributed by atoms with Gasteiger partial charge in [-0.15, -0.1) is 24.8 Å². The van der Waals surface area contributed by atoms with Gasteiger partial charge in [-0.05, 0) is 45.8 Å². The molecule has 30 heavy (non-hydrogen) atoms. The Morgan fingerprint density at radius 2 is 1.60 bits per heavy atom. The molecule has 0 N–H and O–H groups in total. The summed E-state index contributed by atoms with van der Waals surface area (Å²) in [7, 11) is 6.32. The number of rotatable bonds is 5. The number of likely N-dealkylation sites (tertiary alicyclic amines) is 1. The topological polar surface area (TPSA) is 32.8 Å². The van der Waals surface area contributed by atoms with Crippen molar-refractivity contribution >= 4 is 30.8 Å². The number of esters is 1. The molecule has 0 spiro atoms. The molecule has 2 aromatic carbocycles. The van der Waals surface area contributed by atoms with Crippen molar-refractivity contribution in [2.75, 3.05) is 34.2 Å². The molecule has 6 heteroatoms. The van der Waals surface area contributed by atoms with E-state index in [1.54, 1.807) is 0 Å². The summed E-state index contributed by atoms with van der Waals surface area (Å²) in [5.74, 6) is -0.258. The summed E-state index contributed by atoms with van der Waals surface area (Å²) in [6, 6.07) is 19.9. The van der Waals surface area contributed by atoms with E-state index in [2.05, 4.69) is 56.9 Å². The maximum atomic E-state index is 13.2. The van der Waals surface area contributed by atoms with Gasteiger partial charge in [-0.25, -0.2) is 4.79 Å². The number of ether oxygens (including phenoxy) is 1. The molecule has 0 amide bonds. The largest absolute Gasteiger partial charge is 0.450 e. The zero-order valence-corrected chi connectivity index (χ0v) is 20.1. The quantitative estimate of drug-likeness (QED) is 0.605. The Morgan fingerprint density at radius 3 is 2.13 bits per heavy atom. The lowest BCUT2D eigenvalue weighted by atomic mass is 9.63. The van der Waals surface area contributed by atoms with Crippen LogP contribution in [-0.4, -0.2) is 56.0 Å². The molecule has 4 nitrogen and oxygen atoms in total. The molecule has 2 aromatic rings. The first-order valence-electron chi connectivity index (χ1n) is 9.96. The van der Waals surface area contributed by atoms with E-state index in [0.29, 0.717) is 11.6 Å². The SMILES string of the molecule is CC1CC(OC(=O)c2ccccc2)(c2ccccc2)C(C)(CN(C)C)CN1C.Cl.Cl. The number of carbonyl (C=O) groups excluding carboxylic acids is 1. The summed E-state index contributed by atoms with van der Waals surface area (Å²) in [5, 5.41) is 0. The van der Waals surface area contributed by atoms with Crippen LogP contribution < -0.4 is 0 Å². The third-order valence-electron chi connectivity index (χ3n) is 6.09. The molecule has 166 valence electrons. The summed E-state index contributed by atoms with van der Waals surface area (Å²) in [6.45, 7) is 6.13. The van der Waals surface area contributed by atoms with Gasteiger partial charge in [0.2, 0.25) is 0 Å². The van der Waals surface area contributed by atoms with Crippen LogP contribution in [0, 0.1) is 5.41 Å². The number of nitrogens with zero attached hydrogens (tertiary/aromatic N) is 2. The molecule has 1 fully saturated rings. The molecule has 3 atom stereocenters. The van der Waals surface area contributed by atoms with Gasteiger partial charge in [0.05, 0.1) is 5.56 Å². The Morgan fingerprint density at radius 1 is 1.07 bits per heavy atom. The lowest BCUT2D eigenvalue weighted by molar-refractivity contribution is -0.156. The molecular weight excluding hydrogens is 419 g/mol. The van der Waals surface area contributed by atoms with Crippen LogP contribution in [0.2, 0.25) is 0 Å². The van der Waals surface area contributed by atoms with E-state index in [-0.39, 0.29) is 36.2 Å². The van der Waals surface area contributed by atoms with Gasteiger partial charge in [0.25, 0.3) is 0 Å². The lowest BCUT2D eigenvalue weighted by Crippen LogP contribution is -2.63. The number of hydrogen-bond acceptors (Lipinski definition) is 4. The summed E-state index contributed by atoms with van der Waals surface area (Å²) in [6.07, 6.45) is 0.760. The van der Waals surface area contributed by atoms with E-state index >= 15 is 0 Å². The first-order valence-corrected chi connectivity index (χ1v) is 9.96. The smallest absolute Gasteiger partial charge is 0.339 e. The molecule has 1 saturated heterocycles. The van der Waals surface area contributed by atoms with Crippen molar-refractivity contribution < 1.29 is 9.53 Å². The molecule has 0 saturated carbocycles. The Labute approximate surface area is 193 Å². The maximum Gasteiger partial charge on any atom is 0.339 e. The zero-order chi connectivity index (χ0) is 20.4. The highest BCUT2D eigenvalue weighted by Gasteiger charge is 2.57. The van der Waals surface area contributed by atoms with Crippen molar-refractivity contribution in [1.29, 1.82) is 0 Å². The summed E-state index contributed by atoms with van der Waals surface area (Å²) >= 11 is 0. The number of piperidine rings is 1. The molecule has 3 unspecified atom stereocenters. The van der Waals surface area contributed by atoms with Crippen molar-refractivity contribution in [2.45, 2.75) is 31.9 Å². The Kier molecular flexibility index (Phi) is 9.37. The minimum Gasteiger partial charge on any atom is -0.450 e. The lowest BCUT2D eigenvalue weighted by Gasteiger charge is -2.56. The third kappa shape index (κ3) is 5.17. The number of carbonyl (C=O) groups is 1. The zero-order valence-electron chi connectivity index (χ0n) is 18.5. The number of halogens is 2. The van der Waals surface area contributed by atoms with Crippen LogP contribution in [-0.2, 0) is 10.3 Å². The molecule has 1 aliphatic rings. The first kappa shape index (κ1) is 26.4. The van der Waals surface area contributed by atoms with Crippen LogP contribution in [0.25, 0.3) is 0 Å². The van der Waals surface area contributed by atoms with Gasteiger partial charge in [-0.2, -0.15) is 0 Å². The molecule has 0 aliphatic carbocycles. The molecular formula is C24H34Cl2N2O2. The van der Waals surface area contributed by atoms with E-state index in [1.165, 1.54) is 0 Å². The van der Waals surface area contributed by atoms with Crippen molar-refractivity contribution in [3.8, 4) is 0 Å². The molecule has 3 rings (SSSR count). The van der Waals surface area contributed by atoms with Crippen LogP contribution in [0.5, 0.6) is 0 Å². The van der Waals surface area contributed by atoms with E-state index in [4.69, 9.17) is 4.74 Å². The highest BCUT2D eigenvalue weighted by molar-refractivity contribution is 5.89. The molecule has 0 aromatic heterocycles. The van der Waals surface area contributed by atoms with Crippen LogP contribution in [0.4, 0.5) is 0 Å². The minimum atomic E-state index is -0.697. The van der Waals surface area contributed by atoms with Gasteiger partial charge in [0.15, 0.2) is 0 Å². The standard InChI is InChI=1S/C24H32N2O2.2ClH/c1-19-16-24(21-14-10-7-11-15-21,23(2,17-25(3)4)18-26(19)5)28-22(27)20-12-8-6-9-13-20;;/h6-15,19H,16-18H2,1-5H3;2*1H. The fourth-order valence-electron chi connectivity index (χ4n) is 4.72. The van der Waals surface area contributed by atoms with Crippen LogP contribution in [0.3, 0.4) is 0 Å².